The maximum atomic E-state index is 11.2. The van der Waals surface area contributed by atoms with Crippen molar-refractivity contribution in [1.29, 1.82) is 0 Å². The highest BCUT2D eigenvalue weighted by atomic mass is 16.5. The lowest BCUT2D eigenvalue weighted by Gasteiger charge is -2.28. The minimum atomic E-state index is -0.898. The fourth-order valence-electron chi connectivity index (χ4n) is 1.47. The summed E-state index contributed by atoms with van der Waals surface area (Å²) in [5.74, 6) is -0.344. The molecule has 0 fully saturated rings. The van der Waals surface area contributed by atoms with Gasteiger partial charge in [-0.3, -0.25) is 10.1 Å². The van der Waals surface area contributed by atoms with Crippen molar-refractivity contribution in [1.82, 2.24) is 5.32 Å². The van der Waals surface area contributed by atoms with Crippen LogP contribution in [0.15, 0.2) is 0 Å². The molecular weight excluding hydrogens is 206 g/mol. The zero-order valence-corrected chi connectivity index (χ0v) is 11.0. The Labute approximate surface area is 98.4 Å². The molecule has 1 atom stereocenters. The van der Waals surface area contributed by atoms with Crippen molar-refractivity contribution < 1.29 is 14.6 Å². The molecule has 4 nitrogen and oxygen atoms in total. The maximum absolute atomic E-state index is 11.2. The Morgan fingerprint density at radius 3 is 2.31 bits per heavy atom. The van der Waals surface area contributed by atoms with E-state index in [9.17, 15) is 9.90 Å². The number of carboxylic acids is 1. The van der Waals surface area contributed by atoms with E-state index in [0.717, 1.165) is 0 Å². The van der Waals surface area contributed by atoms with Gasteiger partial charge in [-0.05, 0) is 33.1 Å². The molecule has 2 N–H and O–H groups in total. The van der Waals surface area contributed by atoms with Crippen LogP contribution in [0.4, 0.5) is 0 Å². The lowest BCUT2D eigenvalue weighted by molar-refractivity contribution is -0.145. The third-order valence-electron chi connectivity index (χ3n) is 2.28. The summed E-state index contributed by atoms with van der Waals surface area (Å²) in [7, 11) is 0. The number of hydrogen-bond donors (Lipinski definition) is 2. The maximum Gasteiger partial charge on any atom is 0.323 e. The van der Waals surface area contributed by atoms with Gasteiger partial charge in [0.05, 0.1) is 0 Å². The molecule has 0 aromatic heterocycles. The van der Waals surface area contributed by atoms with E-state index < -0.39 is 11.5 Å². The second kappa shape index (κ2) is 6.86. The number of nitrogens with one attached hydrogen (secondary N) is 1. The fourth-order valence-corrected chi connectivity index (χ4v) is 1.47. The van der Waals surface area contributed by atoms with Gasteiger partial charge in [-0.25, -0.2) is 0 Å². The predicted octanol–water partition coefficient (Wildman–Crippen LogP) is 1.89. The summed E-state index contributed by atoms with van der Waals surface area (Å²) >= 11 is 0. The molecule has 0 radical (unpaired) electrons. The van der Waals surface area contributed by atoms with Crippen molar-refractivity contribution in [2.24, 2.45) is 5.92 Å². The fraction of sp³-hybridized carbons (Fsp3) is 0.917. The molecule has 4 heteroatoms. The van der Waals surface area contributed by atoms with Crippen LogP contribution < -0.4 is 5.32 Å². The number of carboxylic acid groups (broad SMARTS) is 1. The van der Waals surface area contributed by atoms with Crippen LogP contribution >= 0.6 is 0 Å². The Morgan fingerprint density at radius 2 is 1.94 bits per heavy atom. The normalized spacial score (nSPS) is 15.4. The van der Waals surface area contributed by atoms with E-state index in [0.29, 0.717) is 25.6 Å². The zero-order chi connectivity index (χ0) is 12.8. The van der Waals surface area contributed by atoms with Gasteiger partial charge in [-0.2, -0.15) is 0 Å². The monoisotopic (exact) mass is 231 g/mol. The third-order valence-corrected chi connectivity index (χ3v) is 2.28. The van der Waals surface area contributed by atoms with E-state index in [1.54, 1.807) is 6.92 Å². The van der Waals surface area contributed by atoms with Crippen molar-refractivity contribution >= 4 is 5.97 Å². The molecule has 0 aliphatic carbocycles. The molecule has 0 heterocycles. The molecule has 0 rings (SSSR count). The summed E-state index contributed by atoms with van der Waals surface area (Å²) in [6, 6.07) is 0.145. The average molecular weight is 231 g/mol. The van der Waals surface area contributed by atoms with Gasteiger partial charge in [0, 0.05) is 19.3 Å². The summed E-state index contributed by atoms with van der Waals surface area (Å²) in [5.41, 5.74) is -0.898. The molecule has 0 saturated carbocycles. The average Bonchev–Trinajstić information content (AvgIpc) is 2.10. The zero-order valence-electron chi connectivity index (χ0n) is 11.0. The van der Waals surface area contributed by atoms with E-state index in [-0.39, 0.29) is 6.04 Å². The van der Waals surface area contributed by atoms with Crippen LogP contribution in [0.3, 0.4) is 0 Å². The van der Waals surface area contributed by atoms with Crippen molar-refractivity contribution in [2.45, 2.75) is 52.6 Å². The van der Waals surface area contributed by atoms with Gasteiger partial charge in [0.1, 0.15) is 5.54 Å². The lowest BCUT2D eigenvalue weighted by atomic mass is 9.97. The van der Waals surface area contributed by atoms with Gasteiger partial charge in [0.15, 0.2) is 0 Å². The molecule has 96 valence electrons. The van der Waals surface area contributed by atoms with Gasteiger partial charge in [-0.1, -0.05) is 13.8 Å². The highest BCUT2D eigenvalue weighted by molar-refractivity contribution is 5.78. The summed E-state index contributed by atoms with van der Waals surface area (Å²) in [5, 5.41) is 12.2. The standard InChI is InChI=1S/C12H25NO3/c1-9(2)8-16-7-6-12(5,11(14)15)13-10(3)4/h9-10,13H,6-8H2,1-5H3,(H,14,15). The highest BCUT2D eigenvalue weighted by Gasteiger charge is 2.32. The minimum Gasteiger partial charge on any atom is -0.480 e. The van der Waals surface area contributed by atoms with E-state index in [1.165, 1.54) is 0 Å². The molecule has 0 aliphatic rings. The Kier molecular flexibility index (Phi) is 6.60. The van der Waals surface area contributed by atoms with Gasteiger partial charge in [0.2, 0.25) is 0 Å². The summed E-state index contributed by atoms with van der Waals surface area (Å²) in [6.07, 6.45) is 0.479. The van der Waals surface area contributed by atoms with E-state index in [4.69, 9.17) is 4.74 Å². The van der Waals surface area contributed by atoms with Crippen molar-refractivity contribution in [3.63, 3.8) is 0 Å². The molecule has 0 bridgehead atoms. The first-order valence-electron chi connectivity index (χ1n) is 5.86. The summed E-state index contributed by atoms with van der Waals surface area (Å²) in [4.78, 5) is 11.2. The SMILES string of the molecule is CC(C)COCCC(C)(NC(C)C)C(=O)O. The second-order valence-electron chi connectivity index (χ2n) is 5.16. The molecule has 0 amide bonds. The van der Waals surface area contributed by atoms with Gasteiger partial charge < -0.3 is 9.84 Å². The smallest absolute Gasteiger partial charge is 0.323 e. The third kappa shape index (κ3) is 6.08. The second-order valence-corrected chi connectivity index (χ2v) is 5.16. The number of rotatable bonds is 8. The lowest BCUT2D eigenvalue weighted by Crippen LogP contribution is -2.53. The van der Waals surface area contributed by atoms with Crippen LogP contribution in [-0.4, -0.2) is 35.9 Å². The number of hydrogen-bond acceptors (Lipinski definition) is 3. The first-order valence-corrected chi connectivity index (χ1v) is 5.86. The summed E-state index contributed by atoms with van der Waals surface area (Å²) < 4.78 is 5.42. The molecule has 0 saturated heterocycles. The Balaban J connectivity index is 4.08. The first-order chi connectivity index (χ1) is 7.28. The molecule has 0 aliphatic heterocycles. The van der Waals surface area contributed by atoms with Crippen LogP contribution in [0.1, 0.15) is 41.0 Å². The van der Waals surface area contributed by atoms with Crippen LogP contribution in [0.5, 0.6) is 0 Å². The topological polar surface area (TPSA) is 58.6 Å². The molecule has 0 spiro atoms. The minimum absolute atomic E-state index is 0.145. The Bertz CT molecular complexity index is 216. The quantitative estimate of drug-likeness (QED) is 0.626. The molecular formula is C12H25NO3. The van der Waals surface area contributed by atoms with Crippen LogP contribution in [0.25, 0.3) is 0 Å². The van der Waals surface area contributed by atoms with Crippen molar-refractivity contribution in [3.05, 3.63) is 0 Å². The molecule has 0 aromatic carbocycles. The number of ether oxygens (including phenoxy) is 1. The molecule has 0 aromatic rings. The predicted molar refractivity (Wildman–Crippen MR) is 64.6 cm³/mol. The van der Waals surface area contributed by atoms with Crippen LogP contribution in [0.2, 0.25) is 0 Å². The molecule has 1 unspecified atom stereocenters. The largest absolute Gasteiger partial charge is 0.480 e. The Morgan fingerprint density at radius 1 is 1.38 bits per heavy atom. The van der Waals surface area contributed by atoms with Gasteiger partial charge in [0.25, 0.3) is 0 Å². The van der Waals surface area contributed by atoms with Crippen molar-refractivity contribution in [2.75, 3.05) is 13.2 Å². The van der Waals surface area contributed by atoms with Gasteiger partial charge in [-0.15, -0.1) is 0 Å². The van der Waals surface area contributed by atoms with E-state index in [1.807, 2.05) is 13.8 Å². The molecule has 16 heavy (non-hydrogen) atoms. The Hall–Kier alpha value is -0.610. The summed E-state index contributed by atoms with van der Waals surface area (Å²) in [6.45, 7) is 10.9. The van der Waals surface area contributed by atoms with Gasteiger partial charge >= 0.3 is 5.97 Å². The highest BCUT2D eigenvalue weighted by Crippen LogP contribution is 2.12. The first kappa shape index (κ1) is 15.4. The number of carbonyl (C=O) groups is 1. The number of aliphatic carboxylic acids is 1. The van der Waals surface area contributed by atoms with Crippen LogP contribution in [-0.2, 0) is 9.53 Å². The van der Waals surface area contributed by atoms with Crippen LogP contribution in [0, 0.1) is 5.92 Å². The van der Waals surface area contributed by atoms with E-state index in [2.05, 4.69) is 19.2 Å². The van der Waals surface area contributed by atoms with E-state index >= 15 is 0 Å². The van der Waals surface area contributed by atoms with Crippen molar-refractivity contribution in [3.8, 4) is 0 Å².